The molecule has 1 aromatic heterocycles. The van der Waals surface area contributed by atoms with Crippen molar-refractivity contribution in [1.29, 1.82) is 0 Å². The highest BCUT2D eigenvalue weighted by atomic mass is 16.5. The lowest BCUT2D eigenvalue weighted by Gasteiger charge is -2.33. The van der Waals surface area contributed by atoms with Gasteiger partial charge in [-0.15, -0.1) is 0 Å². The van der Waals surface area contributed by atoms with E-state index in [1.54, 1.807) is 18.2 Å². The molecule has 7 nitrogen and oxygen atoms in total. The second-order valence-corrected chi connectivity index (χ2v) is 7.60. The highest BCUT2D eigenvalue weighted by Gasteiger charge is 2.26. The molecule has 4 rings (SSSR count). The summed E-state index contributed by atoms with van der Waals surface area (Å²) in [5, 5.41) is 12.9. The maximum atomic E-state index is 11.6. The number of piperidine rings is 1. The molecule has 1 fully saturated rings. The normalized spacial score (nSPS) is 14.7. The number of hydrogen-bond acceptors (Lipinski definition) is 6. The third-order valence-electron chi connectivity index (χ3n) is 5.53. The number of para-hydroxylation sites is 1. The summed E-state index contributed by atoms with van der Waals surface area (Å²) >= 11 is 0. The van der Waals surface area contributed by atoms with Gasteiger partial charge in [-0.1, -0.05) is 18.2 Å². The molecule has 0 bridgehead atoms. The van der Waals surface area contributed by atoms with Gasteiger partial charge in [-0.25, -0.2) is 4.79 Å². The fraction of sp³-hybridized carbons (Fsp3) is 0.391. The van der Waals surface area contributed by atoms with Crippen LogP contribution >= 0.6 is 0 Å². The number of aromatic carboxylic acids is 1. The number of carboxylic acids is 1. The van der Waals surface area contributed by atoms with Crippen LogP contribution in [0.2, 0.25) is 0 Å². The number of hydrogen-bond donors (Lipinski definition) is 2. The summed E-state index contributed by atoms with van der Waals surface area (Å²) in [7, 11) is 0. The maximum Gasteiger partial charge on any atom is 0.339 e. The van der Waals surface area contributed by atoms with E-state index in [4.69, 9.17) is 9.15 Å². The summed E-state index contributed by atoms with van der Waals surface area (Å²) in [4.78, 5) is 18.4. The first-order chi connectivity index (χ1) is 14.6. The Kier molecular flexibility index (Phi) is 5.90. The van der Waals surface area contributed by atoms with Gasteiger partial charge in [-0.2, -0.15) is 4.98 Å². The Labute approximate surface area is 175 Å². The molecule has 2 heterocycles. The number of benzene rings is 2. The van der Waals surface area contributed by atoms with E-state index in [9.17, 15) is 9.90 Å². The second-order valence-electron chi connectivity index (χ2n) is 7.60. The Bertz CT molecular complexity index is 1040. The van der Waals surface area contributed by atoms with E-state index in [0.29, 0.717) is 30.3 Å². The Morgan fingerprint density at radius 1 is 1.30 bits per heavy atom. The van der Waals surface area contributed by atoms with Crippen molar-refractivity contribution in [3.63, 3.8) is 0 Å². The summed E-state index contributed by atoms with van der Waals surface area (Å²) in [6, 6.07) is 12.0. The van der Waals surface area contributed by atoms with Crippen molar-refractivity contribution >= 4 is 23.1 Å². The van der Waals surface area contributed by atoms with Crippen LogP contribution in [0, 0.1) is 6.92 Å². The van der Waals surface area contributed by atoms with E-state index in [2.05, 4.69) is 33.4 Å². The lowest BCUT2D eigenvalue weighted by atomic mass is 10.0. The Balaban J connectivity index is 1.72. The number of rotatable bonds is 7. The highest BCUT2D eigenvalue weighted by molar-refractivity contribution is 6.00. The van der Waals surface area contributed by atoms with Crippen LogP contribution in [0.15, 0.2) is 40.8 Å². The molecule has 0 amide bonds. The number of fused-ring (bicyclic) bond motifs is 1. The van der Waals surface area contributed by atoms with Gasteiger partial charge in [0, 0.05) is 12.6 Å². The number of ether oxygens (including phenoxy) is 1. The van der Waals surface area contributed by atoms with Crippen molar-refractivity contribution < 1.29 is 19.1 Å². The number of aromatic nitrogens is 1. The minimum absolute atomic E-state index is 0.130. The van der Waals surface area contributed by atoms with E-state index in [1.165, 1.54) is 0 Å². The molecule has 0 unspecified atom stereocenters. The molecule has 0 aliphatic carbocycles. The summed E-state index contributed by atoms with van der Waals surface area (Å²) in [6.07, 6.45) is 1.93. The van der Waals surface area contributed by atoms with Crippen molar-refractivity contribution in [1.82, 2.24) is 10.3 Å². The topological polar surface area (TPSA) is 87.8 Å². The van der Waals surface area contributed by atoms with Gasteiger partial charge in [0.15, 0.2) is 5.58 Å². The van der Waals surface area contributed by atoms with Crippen molar-refractivity contribution in [3.05, 3.63) is 53.1 Å². The van der Waals surface area contributed by atoms with Crippen LogP contribution in [0.25, 0.3) is 11.1 Å². The molecule has 7 heteroatoms. The average molecular weight is 409 g/mol. The Morgan fingerprint density at radius 2 is 2.10 bits per heavy atom. The van der Waals surface area contributed by atoms with Gasteiger partial charge in [0.2, 0.25) is 0 Å². The number of anilines is 1. The molecule has 158 valence electrons. The fourth-order valence-electron chi connectivity index (χ4n) is 3.95. The van der Waals surface area contributed by atoms with Gasteiger partial charge in [0.1, 0.15) is 16.8 Å². The van der Waals surface area contributed by atoms with Gasteiger partial charge in [0.25, 0.3) is 6.01 Å². The predicted molar refractivity (Wildman–Crippen MR) is 115 cm³/mol. The monoisotopic (exact) mass is 409 g/mol. The van der Waals surface area contributed by atoms with Gasteiger partial charge >= 0.3 is 5.97 Å². The maximum absolute atomic E-state index is 11.6. The van der Waals surface area contributed by atoms with Crippen LogP contribution in [0.3, 0.4) is 0 Å². The second kappa shape index (κ2) is 8.75. The molecule has 0 radical (unpaired) electrons. The van der Waals surface area contributed by atoms with Gasteiger partial charge in [-0.3, -0.25) is 0 Å². The van der Waals surface area contributed by atoms with Crippen molar-refractivity contribution in [2.45, 2.75) is 39.3 Å². The minimum Gasteiger partial charge on any atom is -0.494 e. The smallest absolute Gasteiger partial charge is 0.339 e. The molecule has 3 aromatic rings. The molecule has 1 aliphatic rings. The summed E-state index contributed by atoms with van der Waals surface area (Å²) in [5.74, 6) is -0.136. The largest absolute Gasteiger partial charge is 0.494 e. The van der Waals surface area contributed by atoms with Crippen LogP contribution in [0.4, 0.5) is 6.01 Å². The van der Waals surface area contributed by atoms with E-state index in [0.717, 1.165) is 42.8 Å². The Morgan fingerprint density at radius 3 is 2.83 bits per heavy atom. The number of carbonyl (C=O) groups is 1. The highest BCUT2D eigenvalue weighted by Crippen LogP contribution is 2.30. The SMILES string of the molecule is CCOc1cc(CN(c2nc3cccc(C(=O)O)c3o2)C2CCNCC2)ccc1C. The van der Waals surface area contributed by atoms with E-state index in [1.807, 2.05) is 13.8 Å². The zero-order chi connectivity index (χ0) is 21.1. The van der Waals surface area contributed by atoms with Gasteiger partial charge < -0.3 is 24.5 Å². The van der Waals surface area contributed by atoms with Crippen LogP contribution in [-0.4, -0.2) is 41.8 Å². The molecule has 30 heavy (non-hydrogen) atoms. The summed E-state index contributed by atoms with van der Waals surface area (Å²) < 4.78 is 11.8. The number of carboxylic acid groups (broad SMARTS) is 1. The molecular formula is C23H27N3O4. The Hall–Kier alpha value is -3.06. The molecule has 2 N–H and O–H groups in total. The van der Waals surface area contributed by atoms with Crippen LogP contribution < -0.4 is 15.0 Å². The molecule has 0 spiro atoms. The molecule has 0 atom stereocenters. The van der Waals surface area contributed by atoms with Crippen molar-refractivity contribution in [2.24, 2.45) is 0 Å². The van der Waals surface area contributed by atoms with Crippen LogP contribution in [0.5, 0.6) is 5.75 Å². The molecule has 1 aliphatic heterocycles. The standard InChI is InChI=1S/C23H27N3O4/c1-3-29-20-13-16(8-7-15(20)2)14-26(17-9-11-24-12-10-17)23-25-19-6-4-5-18(22(27)28)21(19)30-23/h4-8,13,17,24H,3,9-12,14H2,1-2H3,(H,27,28). The molecule has 2 aromatic carbocycles. The fourth-order valence-corrected chi connectivity index (χ4v) is 3.95. The zero-order valence-corrected chi connectivity index (χ0v) is 17.4. The third kappa shape index (κ3) is 4.11. The summed E-state index contributed by atoms with van der Waals surface area (Å²) in [5.41, 5.74) is 3.20. The van der Waals surface area contributed by atoms with Crippen molar-refractivity contribution in [3.8, 4) is 5.75 Å². The third-order valence-corrected chi connectivity index (χ3v) is 5.53. The number of nitrogens with zero attached hydrogens (tertiary/aromatic N) is 2. The lowest BCUT2D eigenvalue weighted by Crippen LogP contribution is -2.43. The van der Waals surface area contributed by atoms with Crippen molar-refractivity contribution in [2.75, 3.05) is 24.6 Å². The van der Waals surface area contributed by atoms with Crippen LogP contribution in [-0.2, 0) is 6.54 Å². The average Bonchev–Trinajstić information content (AvgIpc) is 3.18. The number of oxazole rings is 1. The number of nitrogens with one attached hydrogen (secondary N) is 1. The predicted octanol–water partition coefficient (Wildman–Crippen LogP) is 3.99. The lowest BCUT2D eigenvalue weighted by molar-refractivity contribution is 0.0698. The number of aryl methyl sites for hydroxylation is 1. The molecule has 1 saturated heterocycles. The van der Waals surface area contributed by atoms with E-state index >= 15 is 0 Å². The van der Waals surface area contributed by atoms with Gasteiger partial charge in [0.05, 0.1) is 6.61 Å². The minimum atomic E-state index is -1.02. The first-order valence-corrected chi connectivity index (χ1v) is 10.4. The van der Waals surface area contributed by atoms with Crippen LogP contribution in [0.1, 0.15) is 41.3 Å². The van der Waals surface area contributed by atoms with Gasteiger partial charge in [-0.05, 0) is 69.1 Å². The zero-order valence-electron chi connectivity index (χ0n) is 17.4. The quantitative estimate of drug-likeness (QED) is 0.610. The first-order valence-electron chi connectivity index (χ1n) is 10.4. The first kappa shape index (κ1) is 20.2. The van der Waals surface area contributed by atoms with E-state index < -0.39 is 5.97 Å². The van der Waals surface area contributed by atoms with E-state index in [-0.39, 0.29) is 11.6 Å². The summed E-state index contributed by atoms with van der Waals surface area (Å²) in [6.45, 7) is 7.10. The molecular weight excluding hydrogens is 382 g/mol. The molecule has 0 saturated carbocycles.